The molecule has 0 saturated carbocycles. The van der Waals surface area contributed by atoms with Gasteiger partial charge >= 0.3 is 0 Å². The van der Waals surface area contributed by atoms with Crippen LogP contribution in [0.5, 0.6) is 5.75 Å². The Morgan fingerprint density at radius 2 is 1.77 bits per heavy atom. The first kappa shape index (κ1) is 40.3. The van der Waals surface area contributed by atoms with Gasteiger partial charge in [0.15, 0.2) is 0 Å². The fourth-order valence-corrected chi connectivity index (χ4v) is 8.81. The topological polar surface area (TPSA) is 101 Å². The van der Waals surface area contributed by atoms with Gasteiger partial charge in [-0.2, -0.15) is 0 Å². The number of H-pyrrole nitrogens is 1. The van der Waals surface area contributed by atoms with E-state index >= 15 is 8.78 Å². The van der Waals surface area contributed by atoms with Gasteiger partial charge in [0.05, 0.1) is 12.6 Å². The van der Waals surface area contributed by atoms with Crippen LogP contribution >= 0.6 is 0 Å². The molecule has 2 amide bonds. The molecular formula is C44H53F3N6O4. The lowest BCUT2D eigenvalue weighted by atomic mass is 9.90. The van der Waals surface area contributed by atoms with Crippen LogP contribution in [0, 0.1) is 11.6 Å². The first-order valence-corrected chi connectivity index (χ1v) is 20.2. The van der Waals surface area contributed by atoms with Crippen LogP contribution in [0.3, 0.4) is 0 Å². The van der Waals surface area contributed by atoms with E-state index < -0.39 is 29.4 Å². The summed E-state index contributed by atoms with van der Waals surface area (Å²) in [7, 11) is 1.53. The van der Waals surface area contributed by atoms with Crippen molar-refractivity contribution < 1.29 is 32.3 Å². The summed E-state index contributed by atoms with van der Waals surface area (Å²) in [4.78, 5) is 48.2. The number of aldehydes is 1. The van der Waals surface area contributed by atoms with E-state index in [1.807, 2.05) is 47.4 Å². The first-order valence-electron chi connectivity index (χ1n) is 20.2. The highest BCUT2D eigenvalue weighted by molar-refractivity contribution is 6.01. The summed E-state index contributed by atoms with van der Waals surface area (Å²) < 4.78 is 52.6. The molecule has 0 bridgehead atoms. The van der Waals surface area contributed by atoms with E-state index in [1.165, 1.54) is 33.0 Å². The zero-order valence-corrected chi connectivity index (χ0v) is 33.1. The normalized spacial score (nSPS) is 18.1. The number of fused-ring (bicyclic) bond motifs is 4. The van der Waals surface area contributed by atoms with Crippen molar-refractivity contribution in [2.75, 3.05) is 64.4 Å². The standard InChI is InChI=1S/C44H53F3N6O4/c1-44(2,47)28-52-17-15-34-33-10-5-6-11-37(33)49-40(34)41(52)39-35(45)25-31(26-36(39)46)57-23-8-4-7-16-50-18-20-51(21-19-50)30-13-14-32-29(24-30)27-53(43(32)56)38(12-9-22-54)42(55)48-3/h5-6,10-11,13-14,22,24-26,38,41,49H,4,7-9,12,15-21,23,27-28H2,1-3H3,(H,48,55). The maximum atomic E-state index is 15.9. The molecule has 3 aliphatic rings. The van der Waals surface area contributed by atoms with Crippen LogP contribution in [0.15, 0.2) is 54.6 Å². The summed E-state index contributed by atoms with van der Waals surface area (Å²) in [6, 6.07) is 14.7. The molecule has 10 nitrogen and oxygen atoms in total. The summed E-state index contributed by atoms with van der Waals surface area (Å²) in [6.07, 6.45) is 4.53. The van der Waals surface area contributed by atoms with E-state index in [0.717, 1.165) is 86.0 Å². The number of amides is 2. The Balaban J connectivity index is 0.882. The number of piperazine rings is 1. The average molecular weight is 787 g/mol. The third-order valence-electron chi connectivity index (χ3n) is 11.6. The smallest absolute Gasteiger partial charge is 0.255 e. The average Bonchev–Trinajstić information content (AvgIpc) is 3.73. The second-order valence-electron chi connectivity index (χ2n) is 16.1. The van der Waals surface area contributed by atoms with Gasteiger partial charge in [0, 0.05) is 105 Å². The minimum absolute atomic E-state index is 0.0322. The molecular weight excluding hydrogens is 734 g/mol. The monoisotopic (exact) mass is 786 g/mol. The molecule has 1 fully saturated rings. The fourth-order valence-electron chi connectivity index (χ4n) is 8.81. The zero-order chi connectivity index (χ0) is 40.3. The van der Waals surface area contributed by atoms with E-state index in [0.29, 0.717) is 37.4 Å². The van der Waals surface area contributed by atoms with E-state index in [4.69, 9.17) is 4.74 Å². The van der Waals surface area contributed by atoms with Gasteiger partial charge in [0.1, 0.15) is 35.4 Å². The lowest BCUT2D eigenvalue weighted by Gasteiger charge is -2.38. The van der Waals surface area contributed by atoms with Crippen LogP contribution in [0.25, 0.3) is 10.9 Å². The van der Waals surface area contributed by atoms with Crippen molar-refractivity contribution >= 4 is 34.7 Å². The molecule has 57 heavy (non-hydrogen) atoms. The molecule has 4 heterocycles. The van der Waals surface area contributed by atoms with Crippen molar-refractivity contribution in [3.63, 3.8) is 0 Å². The molecule has 2 unspecified atom stereocenters. The third kappa shape index (κ3) is 8.84. The first-order chi connectivity index (χ1) is 27.5. The maximum absolute atomic E-state index is 15.9. The maximum Gasteiger partial charge on any atom is 0.255 e. The second-order valence-corrected chi connectivity index (χ2v) is 16.1. The Bertz CT molecular complexity index is 2070. The number of carbonyl (C=O) groups excluding carboxylic acids is 3. The highest BCUT2D eigenvalue weighted by Gasteiger charge is 2.39. The van der Waals surface area contributed by atoms with Crippen LogP contribution in [0.4, 0.5) is 18.9 Å². The van der Waals surface area contributed by atoms with Crippen molar-refractivity contribution in [2.24, 2.45) is 0 Å². The number of carbonyl (C=O) groups is 3. The van der Waals surface area contributed by atoms with Crippen LogP contribution in [0.1, 0.15) is 84.7 Å². The van der Waals surface area contributed by atoms with E-state index in [-0.39, 0.29) is 42.5 Å². The summed E-state index contributed by atoms with van der Waals surface area (Å²) in [5.41, 5.74) is 3.49. The molecule has 2 atom stereocenters. The van der Waals surface area contributed by atoms with Gasteiger partial charge in [0.25, 0.3) is 5.91 Å². The van der Waals surface area contributed by atoms with Gasteiger partial charge in [-0.3, -0.25) is 19.4 Å². The number of likely N-dealkylation sites (N-methyl/N-ethyl adjacent to an activating group) is 1. The third-order valence-corrected chi connectivity index (χ3v) is 11.6. The van der Waals surface area contributed by atoms with Gasteiger partial charge < -0.3 is 29.6 Å². The van der Waals surface area contributed by atoms with Gasteiger partial charge in [-0.1, -0.05) is 18.2 Å². The number of ether oxygens (including phenoxy) is 1. The number of halogens is 3. The predicted molar refractivity (Wildman–Crippen MR) is 214 cm³/mol. The number of unbranched alkanes of at least 4 members (excludes halogenated alkanes) is 2. The lowest BCUT2D eigenvalue weighted by Crippen LogP contribution is -2.46. The van der Waals surface area contributed by atoms with Gasteiger partial charge in [0.2, 0.25) is 5.91 Å². The zero-order valence-electron chi connectivity index (χ0n) is 33.1. The van der Waals surface area contributed by atoms with Crippen LogP contribution in [-0.4, -0.2) is 109 Å². The highest BCUT2D eigenvalue weighted by atomic mass is 19.1. The molecule has 3 aromatic carbocycles. The van der Waals surface area contributed by atoms with Gasteiger partial charge in [-0.25, -0.2) is 13.2 Å². The molecule has 3 aliphatic heterocycles. The predicted octanol–water partition coefficient (Wildman–Crippen LogP) is 6.56. The molecule has 2 N–H and O–H groups in total. The number of anilines is 1. The van der Waals surface area contributed by atoms with Crippen molar-refractivity contribution in [1.82, 2.24) is 25.0 Å². The van der Waals surface area contributed by atoms with E-state index in [9.17, 15) is 18.8 Å². The molecule has 0 aliphatic carbocycles. The van der Waals surface area contributed by atoms with Gasteiger partial charge in [-0.15, -0.1) is 0 Å². The molecule has 7 rings (SSSR count). The number of hydrogen-bond acceptors (Lipinski definition) is 7. The summed E-state index contributed by atoms with van der Waals surface area (Å²) in [6.45, 7) is 8.58. The lowest BCUT2D eigenvalue weighted by molar-refractivity contribution is -0.125. The van der Waals surface area contributed by atoms with Crippen molar-refractivity contribution in [3.8, 4) is 5.75 Å². The molecule has 1 aromatic heterocycles. The Morgan fingerprint density at radius 3 is 2.49 bits per heavy atom. The summed E-state index contributed by atoms with van der Waals surface area (Å²) >= 11 is 0. The van der Waals surface area contributed by atoms with Crippen LogP contribution < -0.4 is 15.0 Å². The second kappa shape index (κ2) is 17.3. The number of alkyl halides is 1. The molecule has 0 spiro atoms. The largest absolute Gasteiger partial charge is 0.493 e. The summed E-state index contributed by atoms with van der Waals surface area (Å²) in [5.74, 6) is -1.74. The highest BCUT2D eigenvalue weighted by Crippen LogP contribution is 2.42. The fraction of sp³-hybridized carbons (Fsp3) is 0.477. The summed E-state index contributed by atoms with van der Waals surface area (Å²) in [5, 5.41) is 3.64. The van der Waals surface area contributed by atoms with Crippen LogP contribution in [-0.2, 0) is 22.6 Å². The van der Waals surface area contributed by atoms with Crippen molar-refractivity contribution in [1.29, 1.82) is 0 Å². The number of benzene rings is 3. The van der Waals surface area contributed by atoms with Gasteiger partial charge in [-0.05, 0) is 87.9 Å². The van der Waals surface area contributed by atoms with E-state index in [2.05, 4.69) is 20.1 Å². The Hall–Kier alpha value is -4.88. The molecule has 1 saturated heterocycles. The molecule has 0 radical (unpaired) electrons. The number of nitrogens with one attached hydrogen (secondary N) is 2. The number of nitrogens with zero attached hydrogens (tertiary/aromatic N) is 4. The molecule has 4 aromatic rings. The number of aromatic nitrogens is 1. The van der Waals surface area contributed by atoms with Crippen LogP contribution in [0.2, 0.25) is 0 Å². The van der Waals surface area contributed by atoms with Crippen molar-refractivity contribution in [2.45, 2.75) is 76.7 Å². The van der Waals surface area contributed by atoms with E-state index in [1.54, 1.807) is 4.90 Å². The minimum Gasteiger partial charge on any atom is -0.493 e. The number of para-hydroxylation sites is 1. The number of aromatic amines is 1. The number of rotatable bonds is 16. The Labute approximate surface area is 332 Å². The minimum atomic E-state index is -1.55. The Morgan fingerprint density at radius 1 is 1.02 bits per heavy atom. The number of hydrogen-bond donors (Lipinski definition) is 2. The molecule has 304 valence electrons. The SMILES string of the molecule is CNC(=O)C(CCC=O)N1Cc2cc(N3CCN(CCCCCOc4cc(F)c(C5c6[nH]c7ccccc7c6CCN5CC(C)(C)F)c(F)c4)CC3)ccc2C1=O. The Kier molecular flexibility index (Phi) is 12.2. The van der Waals surface area contributed by atoms with Crippen molar-refractivity contribution in [3.05, 3.63) is 94.2 Å². The quantitative estimate of drug-likeness (QED) is 0.0981. The molecule has 13 heteroatoms.